The van der Waals surface area contributed by atoms with Gasteiger partial charge in [-0.3, -0.25) is 9.69 Å². The van der Waals surface area contributed by atoms with Crippen LogP contribution >= 0.6 is 0 Å². The highest BCUT2D eigenvalue weighted by Gasteiger charge is 2.24. The Bertz CT molecular complexity index is 988. The maximum atomic E-state index is 13.0. The van der Waals surface area contributed by atoms with E-state index >= 15 is 0 Å². The quantitative estimate of drug-likeness (QED) is 0.636. The van der Waals surface area contributed by atoms with E-state index in [1.54, 1.807) is 48.9 Å². The summed E-state index contributed by atoms with van der Waals surface area (Å²) < 4.78 is 11.0. The number of unbranched alkanes of at least 4 members (excludes halogenated alkanes) is 1. The molecule has 1 aromatic carbocycles. The first-order valence-corrected chi connectivity index (χ1v) is 10.7. The first kappa shape index (κ1) is 21.1. The molecule has 0 N–H and O–H groups in total. The van der Waals surface area contributed by atoms with Gasteiger partial charge in [-0.05, 0) is 56.5 Å². The Morgan fingerprint density at radius 3 is 2.71 bits per heavy atom. The van der Waals surface area contributed by atoms with Gasteiger partial charge in [-0.1, -0.05) is 6.08 Å². The molecule has 0 fully saturated rings. The van der Waals surface area contributed by atoms with Crippen molar-refractivity contribution in [1.82, 2.24) is 19.8 Å². The summed E-state index contributed by atoms with van der Waals surface area (Å²) in [6, 6.07) is 7.15. The van der Waals surface area contributed by atoms with Crippen molar-refractivity contribution in [3.05, 3.63) is 66.1 Å². The maximum absolute atomic E-state index is 13.0. The molecule has 0 bridgehead atoms. The number of hydrogen-bond donors (Lipinski definition) is 0. The highest BCUT2D eigenvalue weighted by molar-refractivity contribution is 5.98. The summed E-state index contributed by atoms with van der Waals surface area (Å²) in [5, 5.41) is 0. The molecule has 2 aromatic rings. The highest BCUT2D eigenvalue weighted by Crippen LogP contribution is 2.30. The van der Waals surface area contributed by atoms with Crippen LogP contribution in [0.2, 0.25) is 0 Å². The number of fused-ring (bicyclic) bond motifs is 1. The molecule has 3 heterocycles. The first-order chi connectivity index (χ1) is 15.2. The van der Waals surface area contributed by atoms with Crippen molar-refractivity contribution in [3.8, 4) is 11.5 Å². The van der Waals surface area contributed by atoms with Gasteiger partial charge in [0.15, 0.2) is 5.82 Å². The Kier molecular flexibility index (Phi) is 6.62. The van der Waals surface area contributed by atoms with E-state index in [1.165, 1.54) is 5.57 Å². The summed E-state index contributed by atoms with van der Waals surface area (Å²) in [5.41, 5.74) is 2.60. The van der Waals surface area contributed by atoms with Crippen molar-refractivity contribution < 1.29 is 14.3 Å². The molecule has 31 heavy (non-hydrogen) atoms. The van der Waals surface area contributed by atoms with Crippen molar-refractivity contribution >= 4 is 11.5 Å². The molecule has 7 nitrogen and oxygen atoms in total. The van der Waals surface area contributed by atoms with Gasteiger partial charge in [0.05, 0.1) is 18.4 Å². The van der Waals surface area contributed by atoms with Crippen LogP contribution in [0.1, 0.15) is 42.4 Å². The summed E-state index contributed by atoms with van der Waals surface area (Å²) >= 11 is 0. The monoisotopic (exact) mass is 420 g/mol. The number of nitrogens with zero attached hydrogens (tertiary/aromatic N) is 4. The van der Waals surface area contributed by atoms with Crippen LogP contribution < -0.4 is 9.47 Å². The number of ether oxygens (including phenoxy) is 2. The van der Waals surface area contributed by atoms with Gasteiger partial charge < -0.3 is 14.4 Å². The first-order valence-electron chi connectivity index (χ1n) is 10.7. The average molecular weight is 421 g/mol. The predicted molar refractivity (Wildman–Crippen MR) is 119 cm³/mol. The van der Waals surface area contributed by atoms with Crippen molar-refractivity contribution in [2.45, 2.75) is 26.2 Å². The lowest BCUT2D eigenvalue weighted by molar-refractivity contribution is 0.0804. The number of benzene rings is 1. The molecule has 0 saturated heterocycles. The zero-order valence-electron chi connectivity index (χ0n) is 18.1. The second-order valence-electron chi connectivity index (χ2n) is 7.76. The molecule has 7 heteroatoms. The van der Waals surface area contributed by atoms with E-state index in [0.717, 1.165) is 50.4 Å². The number of hydrogen-bond acceptors (Lipinski definition) is 6. The third-order valence-corrected chi connectivity index (χ3v) is 5.70. The molecule has 1 aromatic heterocycles. The van der Waals surface area contributed by atoms with Crippen LogP contribution in [-0.2, 0) is 0 Å². The van der Waals surface area contributed by atoms with Gasteiger partial charge >= 0.3 is 0 Å². The third kappa shape index (κ3) is 4.94. The van der Waals surface area contributed by atoms with Crippen molar-refractivity contribution in [2.75, 3.05) is 33.3 Å². The van der Waals surface area contributed by atoms with E-state index < -0.39 is 0 Å². The molecule has 0 aliphatic carbocycles. The van der Waals surface area contributed by atoms with Crippen LogP contribution in [0.5, 0.6) is 11.5 Å². The Hall–Kier alpha value is -3.19. The summed E-state index contributed by atoms with van der Waals surface area (Å²) in [6.07, 6.45) is 10.4. The van der Waals surface area contributed by atoms with Gasteiger partial charge in [0.2, 0.25) is 0 Å². The Balaban J connectivity index is 1.28. The molecule has 0 radical (unpaired) electrons. The van der Waals surface area contributed by atoms with Gasteiger partial charge in [-0.15, -0.1) is 0 Å². The number of rotatable bonds is 7. The van der Waals surface area contributed by atoms with Gasteiger partial charge in [0, 0.05) is 38.1 Å². The number of allylic oxidation sites excluding steroid dienone is 1. The van der Waals surface area contributed by atoms with E-state index in [2.05, 4.69) is 20.9 Å². The van der Waals surface area contributed by atoms with Crippen LogP contribution in [0.4, 0.5) is 0 Å². The minimum Gasteiger partial charge on any atom is -0.497 e. The number of aromatic nitrogens is 2. The molecule has 2 aliphatic heterocycles. The minimum absolute atomic E-state index is 0.0303. The second kappa shape index (κ2) is 9.75. The fourth-order valence-electron chi connectivity index (χ4n) is 3.89. The molecule has 4 rings (SSSR count). The van der Waals surface area contributed by atoms with E-state index in [0.29, 0.717) is 23.6 Å². The lowest BCUT2D eigenvalue weighted by Gasteiger charge is -2.26. The Morgan fingerprint density at radius 1 is 1.16 bits per heavy atom. The van der Waals surface area contributed by atoms with Crippen LogP contribution in [0.25, 0.3) is 5.57 Å². The lowest BCUT2D eigenvalue weighted by Crippen LogP contribution is -2.32. The van der Waals surface area contributed by atoms with Gasteiger partial charge in [0.25, 0.3) is 5.91 Å². The predicted octanol–water partition coefficient (Wildman–Crippen LogP) is 3.75. The van der Waals surface area contributed by atoms with Crippen LogP contribution in [0.15, 0.2) is 54.7 Å². The van der Waals surface area contributed by atoms with Crippen LogP contribution in [-0.4, -0.2) is 59.0 Å². The zero-order chi connectivity index (χ0) is 21.6. The van der Waals surface area contributed by atoms with Crippen molar-refractivity contribution in [3.63, 3.8) is 0 Å². The van der Waals surface area contributed by atoms with Gasteiger partial charge in [-0.25, -0.2) is 9.97 Å². The van der Waals surface area contributed by atoms with Crippen LogP contribution in [0.3, 0.4) is 0 Å². The number of methoxy groups -OCH3 is 1. The molecule has 162 valence electrons. The fraction of sp³-hybridized carbons (Fsp3) is 0.375. The summed E-state index contributed by atoms with van der Waals surface area (Å²) in [4.78, 5) is 26.0. The fourth-order valence-corrected chi connectivity index (χ4v) is 3.89. The SMILES string of the molecule is COc1ccc2c(c1)OC=C(C)N(CCCCN1CC=C(c3ncccn3)CC1)C2=O. The molecule has 0 spiro atoms. The largest absolute Gasteiger partial charge is 0.497 e. The summed E-state index contributed by atoms with van der Waals surface area (Å²) in [6.45, 7) is 5.51. The van der Waals surface area contributed by atoms with Gasteiger partial charge in [-0.2, -0.15) is 0 Å². The minimum atomic E-state index is -0.0303. The van der Waals surface area contributed by atoms with Crippen molar-refractivity contribution in [2.24, 2.45) is 0 Å². The normalized spacial score (nSPS) is 16.7. The molecular weight excluding hydrogens is 392 g/mol. The number of amides is 1. The number of carbonyl (C=O) groups is 1. The highest BCUT2D eigenvalue weighted by atomic mass is 16.5. The molecule has 0 atom stereocenters. The van der Waals surface area contributed by atoms with Gasteiger partial charge in [0.1, 0.15) is 17.8 Å². The molecule has 2 aliphatic rings. The smallest absolute Gasteiger partial charge is 0.261 e. The average Bonchev–Trinajstić information content (AvgIpc) is 2.93. The van der Waals surface area contributed by atoms with E-state index in [9.17, 15) is 4.79 Å². The second-order valence-corrected chi connectivity index (χ2v) is 7.76. The Labute approximate surface area is 183 Å². The van der Waals surface area contributed by atoms with Crippen LogP contribution in [0, 0.1) is 0 Å². The molecular formula is C24H28N4O3. The third-order valence-electron chi connectivity index (χ3n) is 5.70. The molecule has 1 amide bonds. The van der Waals surface area contributed by atoms with E-state index in [-0.39, 0.29) is 5.91 Å². The standard InChI is InChI=1S/C24H28N4O3/c1-18-17-31-22-16-20(30-2)6-7-21(22)24(29)28(18)13-4-3-12-27-14-8-19(9-15-27)23-25-10-5-11-26-23/h5-8,10-11,16-17H,3-4,9,12-15H2,1-2H3. The molecule has 0 unspecified atom stereocenters. The van der Waals surface area contributed by atoms with E-state index in [1.807, 2.05) is 13.0 Å². The number of carbonyl (C=O) groups excluding carboxylic acids is 1. The maximum Gasteiger partial charge on any atom is 0.261 e. The van der Waals surface area contributed by atoms with E-state index in [4.69, 9.17) is 9.47 Å². The zero-order valence-corrected chi connectivity index (χ0v) is 18.1. The summed E-state index contributed by atoms with van der Waals surface area (Å²) in [5.74, 6) is 2.01. The lowest BCUT2D eigenvalue weighted by atomic mass is 10.1. The van der Waals surface area contributed by atoms with Crippen molar-refractivity contribution in [1.29, 1.82) is 0 Å². The summed E-state index contributed by atoms with van der Waals surface area (Å²) in [7, 11) is 1.60. The Morgan fingerprint density at radius 2 is 1.97 bits per heavy atom. The molecule has 0 saturated carbocycles. The topological polar surface area (TPSA) is 67.8 Å².